The largest absolute Gasteiger partial charge is 0.463 e. The van der Waals surface area contributed by atoms with Gasteiger partial charge in [-0.25, -0.2) is 9.78 Å². The SMILES string of the molecule is COCOc1cc2nc(C)c(-c3coc4cc(C)c(C)c(C(=O)OCC[Si](C)(C)C)c4c3=O)c(=O)n2cc1OCOC. The average molecular weight is 597 g/mol. The van der Waals surface area contributed by atoms with Crippen molar-refractivity contribution in [3.8, 4) is 22.6 Å². The van der Waals surface area contributed by atoms with Crippen molar-refractivity contribution in [3.63, 3.8) is 0 Å². The zero-order valence-electron chi connectivity index (χ0n) is 25.2. The molecule has 3 aromatic heterocycles. The lowest BCUT2D eigenvalue weighted by molar-refractivity contribution is 0.0320. The highest BCUT2D eigenvalue weighted by Crippen LogP contribution is 2.30. The number of aryl methyl sites for hydroxylation is 2. The second-order valence-electron chi connectivity index (χ2n) is 11.2. The number of ether oxygens (including phenoxy) is 5. The highest BCUT2D eigenvalue weighted by molar-refractivity contribution is 6.76. The van der Waals surface area contributed by atoms with Gasteiger partial charge in [-0.1, -0.05) is 19.6 Å². The van der Waals surface area contributed by atoms with Crippen LogP contribution in [0.25, 0.3) is 27.7 Å². The van der Waals surface area contributed by atoms with E-state index in [4.69, 9.17) is 28.1 Å². The molecular weight excluding hydrogens is 560 g/mol. The number of carbonyl (C=O) groups is 1. The Balaban J connectivity index is 1.92. The molecular formula is C30H36N2O9Si. The highest BCUT2D eigenvalue weighted by atomic mass is 28.3. The molecule has 0 unspecified atom stereocenters. The second-order valence-corrected chi connectivity index (χ2v) is 16.8. The molecule has 0 aliphatic rings. The lowest BCUT2D eigenvalue weighted by atomic mass is 9.96. The Kier molecular flexibility index (Phi) is 9.19. The van der Waals surface area contributed by atoms with Crippen LogP contribution < -0.4 is 20.5 Å². The number of esters is 1. The minimum absolute atomic E-state index is 0.0228. The fourth-order valence-corrected chi connectivity index (χ4v) is 5.21. The highest BCUT2D eigenvalue weighted by Gasteiger charge is 2.25. The maximum absolute atomic E-state index is 14.1. The maximum Gasteiger partial charge on any atom is 0.339 e. The first kappa shape index (κ1) is 30.9. The lowest BCUT2D eigenvalue weighted by Gasteiger charge is -2.17. The van der Waals surface area contributed by atoms with Crippen molar-refractivity contribution in [2.75, 3.05) is 34.4 Å². The Bertz CT molecular complexity index is 1770. The molecule has 0 spiro atoms. The third-order valence-corrected chi connectivity index (χ3v) is 8.59. The number of hydrogen-bond acceptors (Lipinski definition) is 10. The van der Waals surface area contributed by atoms with Crippen LogP contribution in [0.15, 0.2) is 38.6 Å². The predicted octanol–water partition coefficient (Wildman–Crippen LogP) is 4.85. The Morgan fingerprint density at radius 1 is 1.00 bits per heavy atom. The van der Waals surface area contributed by atoms with Gasteiger partial charge in [-0.2, -0.15) is 0 Å². The number of fused-ring (bicyclic) bond motifs is 2. The molecule has 0 aliphatic carbocycles. The summed E-state index contributed by atoms with van der Waals surface area (Å²) >= 11 is 0. The summed E-state index contributed by atoms with van der Waals surface area (Å²) in [7, 11) is 1.49. The smallest absolute Gasteiger partial charge is 0.339 e. The molecule has 0 saturated heterocycles. The van der Waals surface area contributed by atoms with Gasteiger partial charge in [-0.15, -0.1) is 0 Å². The van der Waals surface area contributed by atoms with Gasteiger partial charge in [0.25, 0.3) is 5.56 Å². The van der Waals surface area contributed by atoms with Crippen LogP contribution in [0.3, 0.4) is 0 Å². The van der Waals surface area contributed by atoms with Crippen LogP contribution in [-0.4, -0.2) is 57.8 Å². The summed E-state index contributed by atoms with van der Waals surface area (Å²) in [6, 6.07) is 4.02. The topological polar surface area (TPSA) is 128 Å². The van der Waals surface area contributed by atoms with Crippen molar-refractivity contribution >= 4 is 30.7 Å². The number of pyridine rings is 1. The average Bonchev–Trinajstić information content (AvgIpc) is 2.92. The Morgan fingerprint density at radius 3 is 2.31 bits per heavy atom. The summed E-state index contributed by atoms with van der Waals surface area (Å²) in [6.07, 6.45) is 2.64. The molecule has 3 heterocycles. The van der Waals surface area contributed by atoms with Crippen LogP contribution in [-0.2, 0) is 14.2 Å². The molecule has 12 heteroatoms. The molecule has 0 aliphatic heterocycles. The molecule has 4 rings (SSSR count). The van der Waals surface area contributed by atoms with Gasteiger partial charge in [-0.05, 0) is 44.0 Å². The first-order valence-corrected chi connectivity index (χ1v) is 17.1. The van der Waals surface area contributed by atoms with Crippen molar-refractivity contribution in [2.45, 2.75) is 46.5 Å². The van der Waals surface area contributed by atoms with E-state index in [0.29, 0.717) is 11.3 Å². The summed E-state index contributed by atoms with van der Waals surface area (Å²) in [6.45, 7) is 11.9. The van der Waals surface area contributed by atoms with E-state index >= 15 is 0 Å². The molecule has 0 radical (unpaired) electrons. The number of benzene rings is 1. The van der Waals surface area contributed by atoms with Crippen LogP contribution in [0.2, 0.25) is 25.7 Å². The summed E-state index contributed by atoms with van der Waals surface area (Å²) in [5, 5.41) is 0.0601. The van der Waals surface area contributed by atoms with Gasteiger partial charge in [0.15, 0.2) is 25.1 Å². The van der Waals surface area contributed by atoms with Gasteiger partial charge < -0.3 is 28.1 Å². The van der Waals surface area contributed by atoms with Gasteiger partial charge in [0.2, 0.25) is 5.43 Å². The second kappa shape index (κ2) is 12.5. The van der Waals surface area contributed by atoms with E-state index in [-0.39, 0.29) is 64.9 Å². The Hall–Kier alpha value is -4.00. The molecule has 224 valence electrons. The third kappa shape index (κ3) is 6.25. The minimum atomic E-state index is -1.46. The fourth-order valence-electron chi connectivity index (χ4n) is 4.50. The quantitative estimate of drug-likeness (QED) is 0.135. The van der Waals surface area contributed by atoms with Crippen LogP contribution in [0.5, 0.6) is 11.5 Å². The number of rotatable bonds is 11. The summed E-state index contributed by atoms with van der Waals surface area (Å²) < 4.78 is 34.0. The van der Waals surface area contributed by atoms with E-state index in [1.54, 1.807) is 19.9 Å². The first-order valence-electron chi connectivity index (χ1n) is 13.4. The third-order valence-electron chi connectivity index (χ3n) is 6.88. The zero-order chi connectivity index (χ0) is 30.8. The number of carbonyl (C=O) groups excluding carboxylic acids is 1. The maximum atomic E-state index is 14.1. The van der Waals surface area contributed by atoms with Crippen LogP contribution in [0.1, 0.15) is 27.2 Å². The van der Waals surface area contributed by atoms with Crippen LogP contribution in [0.4, 0.5) is 0 Å². The van der Waals surface area contributed by atoms with Gasteiger partial charge in [-0.3, -0.25) is 14.0 Å². The molecule has 0 amide bonds. The number of hydrogen-bond donors (Lipinski definition) is 0. The van der Waals surface area contributed by atoms with Crippen molar-refractivity contribution in [1.82, 2.24) is 9.38 Å². The van der Waals surface area contributed by atoms with E-state index in [2.05, 4.69) is 24.6 Å². The molecule has 0 saturated carbocycles. The summed E-state index contributed by atoms with van der Waals surface area (Å²) in [5.74, 6) is -0.0982. The molecule has 0 fully saturated rings. The molecule has 11 nitrogen and oxygen atoms in total. The minimum Gasteiger partial charge on any atom is -0.463 e. The van der Waals surface area contributed by atoms with Crippen molar-refractivity contribution < 1.29 is 32.9 Å². The monoisotopic (exact) mass is 596 g/mol. The Labute approximate surface area is 244 Å². The molecule has 4 aromatic rings. The predicted molar refractivity (Wildman–Crippen MR) is 161 cm³/mol. The molecule has 0 bridgehead atoms. The van der Waals surface area contributed by atoms with E-state index in [1.807, 2.05) is 6.92 Å². The van der Waals surface area contributed by atoms with Crippen LogP contribution >= 0.6 is 0 Å². The van der Waals surface area contributed by atoms with E-state index < -0.39 is 25.0 Å². The van der Waals surface area contributed by atoms with Crippen molar-refractivity contribution in [3.05, 3.63) is 67.6 Å². The van der Waals surface area contributed by atoms with E-state index in [0.717, 1.165) is 11.6 Å². The van der Waals surface area contributed by atoms with Gasteiger partial charge in [0.1, 0.15) is 17.5 Å². The van der Waals surface area contributed by atoms with Gasteiger partial charge >= 0.3 is 5.97 Å². The molecule has 0 atom stereocenters. The molecule has 42 heavy (non-hydrogen) atoms. The summed E-state index contributed by atoms with van der Waals surface area (Å²) in [4.78, 5) is 45.8. The zero-order valence-corrected chi connectivity index (χ0v) is 26.2. The fraction of sp³-hybridized carbons (Fsp3) is 0.400. The van der Waals surface area contributed by atoms with Gasteiger partial charge in [0.05, 0.1) is 40.6 Å². The molecule has 1 aromatic carbocycles. The number of aromatic nitrogens is 2. The number of methoxy groups -OCH3 is 2. The van der Waals surface area contributed by atoms with E-state index in [9.17, 15) is 14.4 Å². The standard InChI is InChI=1S/C30H36N2O9Si/c1-17-11-22-27(25(18(17)2)30(35)38-9-10-42(6,7)8)28(33)20(14-39-22)26-19(3)31-24-12-21(40-15-36-4)23(41-16-37-5)13-32(24)29(26)34/h11-14H,9-10,15-16H2,1-8H3. The van der Waals surface area contributed by atoms with Crippen molar-refractivity contribution in [1.29, 1.82) is 0 Å². The summed E-state index contributed by atoms with van der Waals surface area (Å²) in [5.41, 5.74) is 1.24. The Morgan fingerprint density at radius 2 is 1.67 bits per heavy atom. The number of nitrogens with zero attached hydrogens (tertiary/aromatic N) is 2. The van der Waals surface area contributed by atoms with Crippen molar-refractivity contribution in [2.24, 2.45) is 0 Å². The first-order chi connectivity index (χ1) is 19.9. The van der Waals surface area contributed by atoms with Crippen LogP contribution in [0, 0.1) is 20.8 Å². The van der Waals surface area contributed by atoms with E-state index in [1.165, 1.54) is 37.1 Å². The normalized spacial score (nSPS) is 11.7. The molecule has 0 N–H and O–H groups in total. The van der Waals surface area contributed by atoms with Gasteiger partial charge in [0, 0.05) is 28.4 Å². The lowest BCUT2D eigenvalue weighted by Crippen LogP contribution is -2.24.